The Morgan fingerprint density at radius 1 is 1.38 bits per heavy atom. The van der Waals surface area contributed by atoms with Crippen molar-refractivity contribution in [2.75, 3.05) is 0 Å². The van der Waals surface area contributed by atoms with E-state index in [1.807, 2.05) is 0 Å². The van der Waals surface area contributed by atoms with Crippen LogP contribution in [0.2, 0.25) is 0 Å². The summed E-state index contributed by atoms with van der Waals surface area (Å²) in [4.78, 5) is 0. The summed E-state index contributed by atoms with van der Waals surface area (Å²) in [5.74, 6) is 0. The molecule has 3 nitrogen and oxygen atoms in total. The van der Waals surface area contributed by atoms with Gasteiger partial charge in [0.2, 0.25) is 0 Å². The van der Waals surface area contributed by atoms with E-state index >= 15 is 0 Å². The Labute approximate surface area is 83.2 Å². The molecule has 0 amide bonds. The molecule has 1 aromatic heterocycles. The van der Waals surface area contributed by atoms with Crippen LogP contribution < -0.4 is 0 Å². The minimum atomic E-state index is -3.94. The first-order valence-corrected chi connectivity index (χ1v) is 6.35. The predicted octanol–water partition coefficient (Wildman–Crippen LogP) is 2.80. The average molecular weight is 222 g/mol. The lowest BCUT2D eigenvalue weighted by molar-refractivity contribution is 0.485. The molecule has 0 aromatic carbocycles. The van der Waals surface area contributed by atoms with Crippen molar-refractivity contribution in [2.24, 2.45) is 0 Å². The second-order valence-corrected chi connectivity index (χ2v) is 5.00. The van der Waals surface area contributed by atoms with Gasteiger partial charge < -0.3 is 0 Å². The summed E-state index contributed by atoms with van der Waals surface area (Å²) < 4.78 is 28.9. The molecule has 76 valence electrons. The standard InChI is InChI=1S/C4H4O3S2.C4H10/c5-9(6,7)4-2-1-3-8-4;1-3-4-2/h1-3H,(H,5,6,7);3-4H2,1-2H3. The predicted molar refractivity (Wildman–Crippen MR) is 54.7 cm³/mol. The van der Waals surface area contributed by atoms with Gasteiger partial charge in [0.15, 0.2) is 0 Å². The van der Waals surface area contributed by atoms with Gasteiger partial charge in [0.05, 0.1) is 0 Å². The smallest absolute Gasteiger partial charge is 0.281 e. The van der Waals surface area contributed by atoms with Gasteiger partial charge in [0, 0.05) is 0 Å². The summed E-state index contributed by atoms with van der Waals surface area (Å²) in [6.45, 7) is 4.36. The number of thiophene rings is 1. The third-order valence-electron chi connectivity index (χ3n) is 1.25. The van der Waals surface area contributed by atoms with E-state index in [-0.39, 0.29) is 4.21 Å². The van der Waals surface area contributed by atoms with Gasteiger partial charge >= 0.3 is 10.1 Å². The third-order valence-corrected chi connectivity index (χ3v) is 3.48. The Morgan fingerprint density at radius 2 is 1.92 bits per heavy atom. The van der Waals surface area contributed by atoms with Crippen LogP contribution in [0.1, 0.15) is 26.7 Å². The van der Waals surface area contributed by atoms with Crippen molar-refractivity contribution in [3.05, 3.63) is 17.5 Å². The van der Waals surface area contributed by atoms with E-state index in [1.165, 1.54) is 18.9 Å². The second kappa shape index (κ2) is 6.12. The van der Waals surface area contributed by atoms with Gasteiger partial charge in [-0.25, -0.2) is 0 Å². The van der Waals surface area contributed by atoms with Crippen LogP contribution in [0.15, 0.2) is 21.7 Å². The molecule has 0 spiro atoms. The van der Waals surface area contributed by atoms with Gasteiger partial charge in [-0.1, -0.05) is 32.8 Å². The maximum absolute atomic E-state index is 10.3. The molecule has 0 saturated carbocycles. The molecular formula is C8H14O3S2. The third kappa shape index (κ3) is 5.79. The molecule has 0 aliphatic heterocycles. The van der Waals surface area contributed by atoms with Crippen LogP contribution in [0.5, 0.6) is 0 Å². The van der Waals surface area contributed by atoms with E-state index in [1.54, 1.807) is 11.4 Å². The van der Waals surface area contributed by atoms with E-state index in [4.69, 9.17) is 4.55 Å². The number of unbranched alkanes of at least 4 members (excludes halogenated alkanes) is 1. The summed E-state index contributed by atoms with van der Waals surface area (Å²) in [6, 6.07) is 2.91. The zero-order valence-electron chi connectivity index (χ0n) is 7.73. The fourth-order valence-corrected chi connectivity index (χ4v) is 1.76. The van der Waals surface area contributed by atoms with E-state index in [0.717, 1.165) is 11.3 Å². The average Bonchev–Trinajstić information content (AvgIpc) is 2.55. The summed E-state index contributed by atoms with van der Waals surface area (Å²) >= 11 is 0.992. The molecular weight excluding hydrogens is 208 g/mol. The van der Waals surface area contributed by atoms with E-state index in [9.17, 15) is 8.42 Å². The normalized spacial score (nSPS) is 10.4. The van der Waals surface area contributed by atoms with Crippen LogP contribution in [0.3, 0.4) is 0 Å². The maximum Gasteiger partial charge on any atom is 0.304 e. The van der Waals surface area contributed by atoms with Gasteiger partial charge in [0.1, 0.15) is 4.21 Å². The minimum absolute atomic E-state index is 0.0116. The quantitative estimate of drug-likeness (QED) is 0.783. The molecule has 0 radical (unpaired) electrons. The van der Waals surface area contributed by atoms with E-state index in [0.29, 0.717) is 0 Å². The Hall–Kier alpha value is -0.390. The number of hydrogen-bond donors (Lipinski definition) is 1. The van der Waals surface area contributed by atoms with Crippen LogP contribution in [-0.2, 0) is 10.1 Å². The first kappa shape index (κ1) is 12.6. The molecule has 13 heavy (non-hydrogen) atoms. The van der Waals surface area contributed by atoms with Gasteiger partial charge in [-0.15, -0.1) is 11.3 Å². The van der Waals surface area contributed by atoms with Crippen molar-refractivity contribution in [1.29, 1.82) is 0 Å². The molecule has 0 aliphatic carbocycles. The lowest BCUT2D eigenvalue weighted by Gasteiger charge is -1.84. The monoisotopic (exact) mass is 222 g/mol. The van der Waals surface area contributed by atoms with Crippen LogP contribution in [0.25, 0.3) is 0 Å². The molecule has 1 heterocycles. The van der Waals surface area contributed by atoms with Crippen molar-refractivity contribution in [1.82, 2.24) is 0 Å². The van der Waals surface area contributed by atoms with Crippen molar-refractivity contribution in [2.45, 2.75) is 30.9 Å². The highest BCUT2D eigenvalue weighted by atomic mass is 32.3. The highest BCUT2D eigenvalue weighted by Crippen LogP contribution is 2.14. The molecule has 0 aliphatic rings. The Kier molecular flexibility index (Phi) is 5.94. The van der Waals surface area contributed by atoms with Gasteiger partial charge in [-0.05, 0) is 11.4 Å². The Bertz CT molecular complexity index is 298. The summed E-state index contributed by atoms with van der Waals surface area (Å²) in [6.07, 6.45) is 2.64. The topological polar surface area (TPSA) is 54.4 Å². The van der Waals surface area contributed by atoms with Crippen LogP contribution in [0, 0.1) is 0 Å². The summed E-state index contributed by atoms with van der Waals surface area (Å²) in [5.41, 5.74) is 0. The maximum atomic E-state index is 10.3. The molecule has 0 atom stereocenters. The zero-order chi connectivity index (χ0) is 10.3. The van der Waals surface area contributed by atoms with Crippen molar-refractivity contribution >= 4 is 21.5 Å². The largest absolute Gasteiger partial charge is 0.304 e. The van der Waals surface area contributed by atoms with Gasteiger partial charge in [-0.2, -0.15) is 8.42 Å². The van der Waals surface area contributed by atoms with Crippen molar-refractivity contribution < 1.29 is 13.0 Å². The molecule has 1 N–H and O–H groups in total. The Balaban J connectivity index is 0.000000310. The number of hydrogen-bond acceptors (Lipinski definition) is 3. The second-order valence-electron chi connectivity index (χ2n) is 2.41. The zero-order valence-corrected chi connectivity index (χ0v) is 9.36. The first-order valence-electron chi connectivity index (χ1n) is 4.03. The highest BCUT2D eigenvalue weighted by Gasteiger charge is 2.08. The Morgan fingerprint density at radius 3 is 2.08 bits per heavy atom. The fourth-order valence-electron chi connectivity index (χ4n) is 0.410. The van der Waals surface area contributed by atoms with Crippen molar-refractivity contribution in [3.63, 3.8) is 0 Å². The molecule has 0 bridgehead atoms. The first-order chi connectivity index (χ1) is 6.02. The number of rotatable bonds is 2. The van der Waals surface area contributed by atoms with Crippen molar-refractivity contribution in [3.8, 4) is 0 Å². The molecule has 0 unspecified atom stereocenters. The van der Waals surface area contributed by atoms with Gasteiger partial charge in [0.25, 0.3) is 0 Å². The summed E-state index contributed by atoms with van der Waals surface area (Å²) in [7, 11) is -3.94. The lowest BCUT2D eigenvalue weighted by Crippen LogP contribution is -1.92. The molecule has 1 rings (SSSR count). The van der Waals surface area contributed by atoms with Crippen LogP contribution >= 0.6 is 11.3 Å². The highest BCUT2D eigenvalue weighted by molar-refractivity contribution is 7.88. The minimum Gasteiger partial charge on any atom is -0.281 e. The molecule has 0 fully saturated rings. The molecule has 1 aromatic rings. The lowest BCUT2D eigenvalue weighted by atomic mass is 10.4. The molecule has 0 saturated heterocycles. The van der Waals surface area contributed by atoms with Crippen LogP contribution in [-0.4, -0.2) is 13.0 Å². The van der Waals surface area contributed by atoms with E-state index in [2.05, 4.69) is 13.8 Å². The van der Waals surface area contributed by atoms with E-state index < -0.39 is 10.1 Å². The fraction of sp³-hybridized carbons (Fsp3) is 0.500. The van der Waals surface area contributed by atoms with Crippen LogP contribution in [0.4, 0.5) is 0 Å². The summed E-state index contributed by atoms with van der Waals surface area (Å²) in [5, 5.41) is 1.59. The SMILES string of the molecule is CCCC.O=S(=O)(O)c1cccs1. The molecule has 5 heteroatoms. The van der Waals surface area contributed by atoms with Gasteiger partial charge in [-0.3, -0.25) is 4.55 Å².